The maximum absolute atomic E-state index is 12.0. The minimum absolute atomic E-state index is 0.169. The standard InChI is InChI=1S/C14H19Cl2NO2/c1-5-14(3,4)17-13(18)9(2)19-12-7-6-10(15)8-11(12)16/h6-9H,5H2,1-4H3,(H,17,18). The predicted molar refractivity (Wildman–Crippen MR) is 79.1 cm³/mol. The first-order valence-electron chi connectivity index (χ1n) is 6.19. The summed E-state index contributed by atoms with van der Waals surface area (Å²) in [5.41, 5.74) is -0.251. The Morgan fingerprint density at radius 3 is 2.58 bits per heavy atom. The summed E-state index contributed by atoms with van der Waals surface area (Å²) in [4.78, 5) is 12.0. The summed E-state index contributed by atoms with van der Waals surface area (Å²) in [7, 11) is 0. The minimum Gasteiger partial charge on any atom is -0.479 e. The number of benzene rings is 1. The van der Waals surface area contributed by atoms with Gasteiger partial charge in [0.15, 0.2) is 6.10 Å². The average molecular weight is 304 g/mol. The van der Waals surface area contributed by atoms with Crippen LogP contribution in [-0.4, -0.2) is 17.6 Å². The van der Waals surface area contributed by atoms with Crippen LogP contribution < -0.4 is 10.1 Å². The van der Waals surface area contributed by atoms with Crippen molar-refractivity contribution < 1.29 is 9.53 Å². The first-order chi connectivity index (χ1) is 8.75. The summed E-state index contributed by atoms with van der Waals surface area (Å²) < 4.78 is 5.55. The number of nitrogens with one attached hydrogen (secondary N) is 1. The molecule has 0 saturated carbocycles. The van der Waals surface area contributed by atoms with Gasteiger partial charge in [-0.05, 0) is 45.4 Å². The van der Waals surface area contributed by atoms with E-state index in [1.807, 2.05) is 20.8 Å². The van der Waals surface area contributed by atoms with Gasteiger partial charge in [0.05, 0.1) is 5.02 Å². The molecule has 0 fully saturated rings. The SMILES string of the molecule is CCC(C)(C)NC(=O)C(C)Oc1ccc(Cl)cc1Cl. The second-order valence-corrected chi connectivity index (χ2v) is 5.91. The Kier molecular flexibility index (Phi) is 5.50. The Hall–Kier alpha value is -0.930. The highest BCUT2D eigenvalue weighted by atomic mass is 35.5. The molecule has 0 spiro atoms. The van der Waals surface area contributed by atoms with Crippen LogP contribution in [0.3, 0.4) is 0 Å². The highest BCUT2D eigenvalue weighted by Crippen LogP contribution is 2.28. The van der Waals surface area contributed by atoms with Gasteiger partial charge in [0, 0.05) is 10.6 Å². The number of carbonyl (C=O) groups excluding carboxylic acids is 1. The molecule has 1 atom stereocenters. The van der Waals surface area contributed by atoms with Gasteiger partial charge < -0.3 is 10.1 Å². The Bertz CT molecular complexity index is 461. The van der Waals surface area contributed by atoms with Gasteiger partial charge in [-0.3, -0.25) is 4.79 Å². The van der Waals surface area contributed by atoms with Crippen LogP contribution in [0.25, 0.3) is 0 Å². The fraction of sp³-hybridized carbons (Fsp3) is 0.500. The molecule has 1 aromatic rings. The maximum Gasteiger partial charge on any atom is 0.261 e. The van der Waals surface area contributed by atoms with E-state index in [0.29, 0.717) is 15.8 Å². The Labute approximate surface area is 124 Å². The number of ether oxygens (including phenoxy) is 1. The number of carbonyl (C=O) groups is 1. The molecule has 106 valence electrons. The summed E-state index contributed by atoms with van der Waals surface area (Å²) in [6.45, 7) is 7.63. The normalized spacial score (nSPS) is 12.9. The molecular weight excluding hydrogens is 285 g/mol. The minimum atomic E-state index is -0.621. The number of hydrogen-bond acceptors (Lipinski definition) is 2. The monoisotopic (exact) mass is 303 g/mol. The molecule has 0 aliphatic carbocycles. The van der Waals surface area contributed by atoms with Crippen LogP contribution >= 0.6 is 23.2 Å². The summed E-state index contributed by atoms with van der Waals surface area (Å²) in [6, 6.07) is 4.90. The molecule has 1 unspecified atom stereocenters. The number of rotatable bonds is 5. The van der Waals surface area contributed by atoms with Gasteiger partial charge in [0.2, 0.25) is 0 Å². The quantitative estimate of drug-likeness (QED) is 0.890. The number of hydrogen-bond donors (Lipinski definition) is 1. The van der Waals surface area contributed by atoms with Gasteiger partial charge in [-0.15, -0.1) is 0 Å². The Balaban J connectivity index is 2.69. The number of halogens is 2. The lowest BCUT2D eigenvalue weighted by atomic mass is 10.0. The molecule has 0 heterocycles. The van der Waals surface area contributed by atoms with E-state index < -0.39 is 6.10 Å². The van der Waals surface area contributed by atoms with E-state index in [4.69, 9.17) is 27.9 Å². The molecule has 0 radical (unpaired) electrons. The molecule has 0 saturated heterocycles. The van der Waals surface area contributed by atoms with E-state index in [9.17, 15) is 4.79 Å². The lowest BCUT2D eigenvalue weighted by Crippen LogP contribution is -2.48. The van der Waals surface area contributed by atoms with Crippen molar-refractivity contribution in [3.63, 3.8) is 0 Å². The van der Waals surface area contributed by atoms with E-state index in [1.165, 1.54) is 0 Å². The van der Waals surface area contributed by atoms with Gasteiger partial charge in [0.1, 0.15) is 5.75 Å². The third kappa shape index (κ3) is 4.92. The second-order valence-electron chi connectivity index (χ2n) is 5.06. The fourth-order valence-electron chi connectivity index (χ4n) is 1.34. The zero-order valence-corrected chi connectivity index (χ0v) is 13.1. The van der Waals surface area contributed by atoms with Gasteiger partial charge in [-0.2, -0.15) is 0 Å². The van der Waals surface area contributed by atoms with E-state index >= 15 is 0 Å². The summed E-state index contributed by atoms with van der Waals surface area (Å²) in [5, 5.41) is 3.84. The molecule has 0 aromatic heterocycles. The summed E-state index contributed by atoms with van der Waals surface area (Å²) in [6.07, 6.45) is 0.220. The van der Waals surface area contributed by atoms with E-state index in [-0.39, 0.29) is 11.4 Å². The zero-order valence-electron chi connectivity index (χ0n) is 11.6. The van der Waals surface area contributed by atoms with Crippen molar-refractivity contribution in [2.24, 2.45) is 0 Å². The number of amides is 1. The molecule has 1 amide bonds. The fourth-order valence-corrected chi connectivity index (χ4v) is 1.79. The van der Waals surface area contributed by atoms with E-state index in [1.54, 1.807) is 25.1 Å². The predicted octanol–water partition coefficient (Wildman–Crippen LogP) is 4.07. The van der Waals surface area contributed by atoms with Crippen molar-refractivity contribution in [2.75, 3.05) is 0 Å². The molecule has 0 aliphatic heterocycles. The van der Waals surface area contributed by atoms with Gasteiger partial charge in [-0.1, -0.05) is 30.1 Å². The second kappa shape index (κ2) is 6.49. The third-order valence-corrected chi connectivity index (χ3v) is 3.44. The zero-order chi connectivity index (χ0) is 14.6. The first kappa shape index (κ1) is 16.1. The van der Waals surface area contributed by atoms with Crippen molar-refractivity contribution in [2.45, 2.75) is 45.8 Å². The van der Waals surface area contributed by atoms with E-state index in [2.05, 4.69) is 5.32 Å². The molecule has 1 aromatic carbocycles. The molecular formula is C14H19Cl2NO2. The van der Waals surface area contributed by atoms with Gasteiger partial charge in [-0.25, -0.2) is 0 Å². The topological polar surface area (TPSA) is 38.3 Å². The molecule has 1 rings (SSSR count). The summed E-state index contributed by atoms with van der Waals surface area (Å²) in [5.74, 6) is 0.279. The Morgan fingerprint density at radius 2 is 2.05 bits per heavy atom. The van der Waals surface area contributed by atoms with Crippen molar-refractivity contribution in [1.29, 1.82) is 0 Å². The smallest absolute Gasteiger partial charge is 0.261 e. The van der Waals surface area contributed by atoms with Crippen LogP contribution in [0.1, 0.15) is 34.1 Å². The van der Waals surface area contributed by atoms with Crippen LogP contribution in [0, 0.1) is 0 Å². The van der Waals surface area contributed by atoms with Crippen LogP contribution in [-0.2, 0) is 4.79 Å². The van der Waals surface area contributed by atoms with E-state index in [0.717, 1.165) is 6.42 Å². The molecule has 19 heavy (non-hydrogen) atoms. The average Bonchev–Trinajstić information content (AvgIpc) is 2.32. The highest BCUT2D eigenvalue weighted by molar-refractivity contribution is 6.35. The lowest BCUT2D eigenvalue weighted by molar-refractivity contribution is -0.128. The molecule has 0 bridgehead atoms. The van der Waals surface area contributed by atoms with Crippen molar-refractivity contribution in [3.8, 4) is 5.75 Å². The Morgan fingerprint density at radius 1 is 1.42 bits per heavy atom. The maximum atomic E-state index is 12.0. The third-order valence-electron chi connectivity index (χ3n) is 2.91. The highest BCUT2D eigenvalue weighted by Gasteiger charge is 2.23. The largest absolute Gasteiger partial charge is 0.479 e. The van der Waals surface area contributed by atoms with Crippen LogP contribution in [0.2, 0.25) is 10.0 Å². The van der Waals surface area contributed by atoms with Gasteiger partial charge >= 0.3 is 0 Å². The lowest BCUT2D eigenvalue weighted by Gasteiger charge is -2.26. The molecule has 5 heteroatoms. The molecule has 3 nitrogen and oxygen atoms in total. The van der Waals surface area contributed by atoms with Crippen LogP contribution in [0.4, 0.5) is 0 Å². The van der Waals surface area contributed by atoms with Crippen molar-refractivity contribution >= 4 is 29.1 Å². The summed E-state index contributed by atoms with van der Waals surface area (Å²) >= 11 is 11.8. The first-order valence-corrected chi connectivity index (χ1v) is 6.94. The molecule has 1 N–H and O–H groups in total. The van der Waals surface area contributed by atoms with Crippen LogP contribution in [0.5, 0.6) is 5.75 Å². The van der Waals surface area contributed by atoms with Gasteiger partial charge in [0.25, 0.3) is 5.91 Å². The van der Waals surface area contributed by atoms with Crippen molar-refractivity contribution in [3.05, 3.63) is 28.2 Å². The van der Waals surface area contributed by atoms with Crippen molar-refractivity contribution in [1.82, 2.24) is 5.32 Å². The van der Waals surface area contributed by atoms with Crippen LogP contribution in [0.15, 0.2) is 18.2 Å². The molecule has 0 aliphatic rings.